The summed E-state index contributed by atoms with van der Waals surface area (Å²) < 4.78 is 1.94. The Labute approximate surface area is 139 Å². The zero-order valence-electron chi connectivity index (χ0n) is 13.4. The van der Waals surface area contributed by atoms with Gasteiger partial charge >= 0.3 is 0 Å². The molecule has 0 spiro atoms. The molecule has 0 fully saturated rings. The quantitative estimate of drug-likeness (QED) is 0.646. The molecule has 0 saturated heterocycles. The summed E-state index contributed by atoms with van der Waals surface area (Å²) in [6, 6.07) is 9.51. The van der Waals surface area contributed by atoms with Crippen molar-refractivity contribution in [2.75, 3.05) is 5.73 Å². The SMILES string of the molecule is CCC(Cn1ccnc1)NC(=O)c1[nH]nc(N)c1-c1ccccc1. The highest BCUT2D eigenvalue weighted by Gasteiger charge is 2.21. The second kappa shape index (κ2) is 6.99. The van der Waals surface area contributed by atoms with Crippen LogP contribution in [0.5, 0.6) is 0 Å². The molecule has 0 radical (unpaired) electrons. The van der Waals surface area contributed by atoms with Gasteiger partial charge in [-0.05, 0) is 12.0 Å². The van der Waals surface area contributed by atoms with Crippen molar-refractivity contribution in [1.29, 1.82) is 0 Å². The van der Waals surface area contributed by atoms with Gasteiger partial charge in [0.15, 0.2) is 5.82 Å². The van der Waals surface area contributed by atoms with Crippen LogP contribution in [-0.4, -0.2) is 31.7 Å². The molecular weight excluding hydrogens is 304 g/mol. The largest absolute Gasteiger partial charge is 0.382 e. The normalized spacial score (nSPS) is 12.0. The van der Waals surface area contributed by atoms with E-state index in [4.69, 9.17) is 5.73 Å². The van der Waals surface area contributed by atoms with Crippen LogP contribution in [0, 0.1) is 0 Å². The topological polar surface area (TPSA) is 102 Å². The summed E-state index contributed by atoms with van der Waals surface area (Å²) in [5.41, 5.74) is 7.82. The number of carbonyl (C=O) groups excluding carboxylic acids is 1. The first-order chi connectivity index (χ1) is 11.7. The number of nitrogen functional groups attached to an aromatic ring is 1. The molecular formula is C17H20N6O. The van der Waals surface area contributed by atoms with Crippen molar-refractivity contribution < 1.29 is 4.79 Å². The van der Waals surface area contributed by atoms with E-state index in [0.717, 1.165) is 12.0 Å². The molecule has 0 saturated carbocycles. The molecule has 0 aliphatic heterocycles. The van der Waals surface area contributed by atoms with Crippen molar-refractivity contribution in [3.8, 4) is 11.1 Å². The van der Waals surface area contributed by atoms with Crippen LogP contribution in [0.1, 0.15) is 23.8 Å². The summed E-state index contributed by atoms with van der Waals surface area (Å²) in [6.07, 6.45) is 6.13. The Balaban J connectivity index is 1.80. The number of benzene rings is 1. The van der Waals surface area contributed by atoms with E-state index in [2.05, 4.69) is 20.5 Å². The first kappa shape index (κ1) is 15.8. The third-order valence-electron chi connectivity index (χ3n) is 3.90. The molecule has 1 aromatic carbocycles. The standard InChI is InChI=1S/C17H20N6O/c1-2-13(10-23-9-8-19-11-23)20-17(24)15-14(16(18)22-21-15)12-6-4-3-5-7-12/h3-9,11,13H,2,10H2,1H3,(H,20,24)(H3,18,21,22). The Hall–Kier alpha value is -3.09. The zero-order valence-corrected chi connectivity index (χ0v) is 13.4. The van der Waals surface area contributed by atoms with E-state index in [9.17, 15) is 4.79 Å². The average Bonchev–Trinajstić information content (AvgIpc) is 3.24. The minimum absolute atomic E-state index is 0.0140. The number of nitrogens with one attached hydrogen (secondary N) is 2. The smallest absolute Gasteiger partial charge is 0.270 e. The van der Waals surface area contributed by atoms with Crippen LogP contribution in [0.15, 0.2) is 49.1 Å². The summed E-state index contributed by atoms with van der Waals surface area (Å²) in [6.45, 7) is 2.69. The van der Waals surface area contributed by atoms with E-state index in [1.54, 1.807) is 12.5 Å². The predicted molar refractivity (Wildman–Crippen MR) is 92.2 cm³/mol. The van der Waals surface area contributed by atoms with E-state index in [0.29, 0.717) is 23.6 Å². The van der Waals surface area contributed by atoms with Crippen molar-refractivity contribution in [2.45, 2.75) is 25.9 Å². The number of hydrogen-bond acceptors (Lipinski definition) is 4. The summed E-state index contributed by atoms with van der Waals surface area (Å²) in [7, 11) is 0. The number of H-pyrrole nitrogens is 1. The molecule has 3 rings (SSSR count). The van der Waals surface area contributed by atoms with Crippen LogP contribution in [0.3, 0.4) is 0 Å². The summed E-state index contributed by atoms with van der Waals surface area (Å²) in [4.78, 5) is 16.7. The lowest BCUT2D eigenvalue weighted by atomic mass is 10.0. The van der Waals surface area contributed by atoms with Crippen LogP contribution >= 0.6 is 0 Å². The van der Waals surface area contributed by atoms with Gasteiger partial charge in [-0.25, -0.2) is 4.98 Å². The molecule has 4 N–H and O–H groups in total. The molecule has 0 aliphatic rings. The van der Waals surface area contributed by atoms with Crippen molar-refractivity contribution in [2.24, 2.45) is 0 Å². The highest BCUT2D eigenvalue weighted by molar-refractivity contribution is 6.01. The van der Waals surface area contributed by atoms with Crippen molar-refractivity contribution in [3.63, 3.8) is 0 Å². The molecule has 1 atom stereocenters. The second-order valence-electron chi connectivity index (χ2n) is 5.56. The monoisotopic (exact) mass is 324 g/mol. The van der Waals surface area contributed by atoms with Gasteiger partial charge in [-0.1, -0.05) is 37.3 Å². The minimum Gasteiger partial charge on any atom is -0.382 e. The number of hydrogen-bond donors (Lipinski definition) is 3. The molecule has 2 aromatic heterocycles. The van der Waals surface area contributed by atoms with E-state index >= 15 is 0 Å². The summed E-state index contributed by atoms with van der Waals surface area (Å²) in [5, 5.41) is 9.78. The summed E-state index contributed by atoms with van der Waals surface area (Å²) in [5.74, 6) is 0.0963. The highest BCUT2D eigenvalue weighted by atomic mass is 16.2. The van der Waals surface area contributed by atoms with Crippen LogP contribution < -0.4 is 11.1 Å². The number of rotatable bonds is 6. The van der Waals surface area contributed by atoms with Crippen molar-refractivity contribution in [1.82, 2.24) is 25.1 Å². The molecule has 24 heavy (non-hydrogen) atoms. The Kier molecular flexibility index (Phi) is 4.60. The van der Waals surface area contributed by atoms with Crippen LogP contribution in [0.4, 0.5) is 5.82 Å². The lowest BCUT2D eigenvalue weighted by Crippen LogP contribution is -2.37. The first-order valence-corrected chi connectivity index (χ1v) is 7.85. The molecule has 7 nitrogen and oxygen atoms in total. The van der Waals surface area contributed by atoms with Gasteiger partial charge < -0.3 is 15.6 Å². The lowest BCUT2D eigenvalue weighted by Gasteiger charge is -2.17. The maximum absolute atomic E-state index is 12.7. The number of nitrogens with two attached hydrogens (primary N) is 1. The lowest BCUT2D eigenvalue weighted by molar-refractivity contribution is 0.0927. The van der Waals surface area contributed by atoms with Gasteiger partial charge in [0.05, 0.1) is 11.9 Å². The Morgan fingerprint density at radius 1 is 1.38 bits per heavy atom. The Morgan fingerprint density at radius 3 is 2.83 bits per heavy atom. The number of nitrogens with zero attached hydrogens (tertiary/aromatic N) is 3. The number of anilines is 1. The number of aromatic amines is 1. The molecule has 2 heterocycles. The first-order valence-electron chi connectivity index (χ1n) is 7.85. The molecule has 1 amide bonds. The second-order valence-corrected chi connectivity index (χ2v) is 5.56. The fourth-order valence-corrected chi connectivity index (χ4v) is 2.60. The van der Waals surface area contributed by atoms with E-state index in [-0.39, 0.29) is 11.9 Å². The molecule has 1 unspecified atom stereocenters. The van der Waals surface area contributed by atoms with Crippen LogP contribution in [0.2, 0.25) is 0 Å². The van der Waals surface area contributed by atoms with Crippen molar-refractivity contribution >= 4 is 11.7 Å². The van der Waals surface area contributed by atoms with Gasteiger partial charge in [0.2, 0.25) is 0 Å². The third kappa shape index (κ3) is 3.29. The van der Waals surface area contributed by atoms with Gasteiger partial charge in [0, 0.05) is 25.0 Å². The summed E-state index contributed by atoms with van der Waals surface area (Å²) >= 11 is 0. The molecule has 0 bridgehead atoms. The molecule has 124 valence electrons. The Morgan fingerprint density at radius 2 is 2.17 bits per heavy atom. The Bertz CT molecular complexity index is 794. The van der Waals surface area contributed by atoms with Gasteiger partial charge in [-0.2, -0.15) is 5.10 Å². The van der Waals surface area contributed by atoms with E-state index in [1.165, 1.54) is 0 Å². The molecule has 0 aliphatic carbocycles. The number of amides is 1. The maximum atomic E-state index is 12.7. The fraction of sp³-hybridized carbons (Fsp3) is 0.235. The van der Waals surface area contributed by atoms with Crippen molar-refractivity contribution in [3.05, 3.63) is 54.7 Å². The van der Waals surface area contributed by atoms with E-state index in [1.807, 2.05) is 48.0 Å². The van der Waals surface area contributed by atoms with E-state index < -0.39 is 0 Å². The number of aromatic nitrogens is 4. The maximum Gasteiger partial charge on any atom is 0.270 e. The van der Waals surface area contributed by atoms with Gasteiger partial charge in [-0.15, -0.1) is 0 Å². The zero-order chi connectivity index (χ0) is 16.9. The average molecular weight is 324 g/mol. The van der Waals surface area contributed by atoms with Gasteiger partial charge in [0.1, 0.15) is 5.69 Å². The molecule has 7 heteroatoms. The predicted octanol–water partition coefficient (Wildman–Crippen LogP) is 2.06. The number of carbonyl (C=O) groups is 1. The van der Waals surface area contributed by atoms with Crippen LogP contribution in [-0.2, 0) is 6.54 Å². The highest BCUT2D eigenvalue weighted by Crippen LogP contribution is 2.27. The number of imidazole rings is 1. The van der Waals surface area contributed by atoms with Gasteiger partial charge in [-0.3, -0.25) is 9.89 Å². The third-order valence-corrected chi connectivity index (χ3v) is 3.90. The van der Waals surface area contributed by atoms with Gasteiger partial charge in [0.25, 0.3) is 5.91 Å². The fourth-order valence-electron chi connectivity index (χ4n) is 2.60. The molecule has 3 aromatic rings. The minimum atomic E-state index is -0.218. The van der Waals surface area contributed by atoms with Crippen LogP contribution in [0.25, 0.3) is 11.1 Å².